The van der Waals surface area contributed by atoms with Crippen molar-refractivity contribution in [1.82, 2.24) is 0 Å². The average Bonchev–Trinajstić information content (AvgIpc) is 2.24. The van der Waals surface area contributed by atoms with E-state index in [-0.39, 0.29) is 19.3 Å². The minimum Gasteiger partial charge on any atom is -0.481 e. The van der Waals surface area contributed by atoms with E-state index >= 15 is 0 Å². The van der Waals surface area contributed by atoms with E-state index in [1.165, 1.54) is 0 Å². The lowest BCUT2D eigenvalue weighted by molar-refractivity contribution is -0.873. The van der Waals surface area contributed by atoms with Gasteiger partial charge < -0.3 is 19.4 Å². The molecule has 0 saturated heterocycles. The van der Waals surface area contributed by atoms with Gasteiger partial charge in [-0.05, 0) is 12.8 Å². The normalized spacial score (nSPS) is 12.7. The van der Waals surface area contributed by atoms with Crippen LogP contribution in [-0.4, -0.2) is 66.4 Å². The SMILES string of the molecule is C[N+](C)(C)C[C@@H](CC(=O)O)OC(=O)CCCCCC(=O)O. The summed E-state index contributed by atoms with van der Waals surface area (Å²) in [6.45, 7) is 0.428. The molecule has 2 N–H and O–H groups in total. The number of esters is 1. The number of rotatable bonds is 11. The Bertz CT molecular complexity index is 361. The lowest BCUT2D eigenvalue weighted by atomic mass is 10.1. The van der Waals surface area contributed by atoms with Crippen LogP contribution in [0.4, 0.5) is 0 Å². The molecule has 7 nitrogen and oxygen atoms in total. The Labute approximate surface area is 125 Å². The summed E-state index contributed by atoms with van der Waals surface area (Å²) in [6.07, 6.45) is 1.15. The van der Waals surface area contributed by atoms with Gasteiger partial charge in [-0.3, -0.25) is 14.4 Å². The van der Waals surface area contributed by atoms with Crippen LogP contribution in [0.15, 0.2) is 0 Å². The Morgan fingerprint density at radius 3 is 2.00 bits per heavy atom. The van der Waals surface area contributed by atoms with Gasteiger partial charge in [0.2, 0.25) is 0 Å². The van der Waals surface area contributed by atoms with E-state index in [9.17, 15) is 14.4 Å². The van der Waals surface area contributed by atoms with Gasteiger partial charge in [0.1, 0.15) is 6.54 Å². The van der Waals surface area contributed by atoms with Crippen LogP contribution in [0.25, 0.3) is 0 Å². The molecular formula is C14H26NO6+. The summed E-state index contributed by atoms with van der Waals surface area (Å²) in [5, 5.41) is 17.3. The first-order valence-electron chi connectivity index (χ1n) is 7.03. The van der Waals surface area contributed by atoms with E-state index in [1.54, 1.807) is 0 Å². The van der Waals surface area contributed by atoms with Crippen molar-refractivity contribution in [3.8, 4) is 0 Å². The van der Waals surface area contributed by atoms with Crippen LogP contribution in [-0.2, 0) is 19.1 Å². The third kappa shape index (κ3) is 13.1. The number of aliphatic carboxylic acids is 2. The Morgan fingerprint density at radius 2 is 1.52 bits per heavy atom. The highest BCUT2D eigenvalue weighted by Gasteiger charge is 2.24. The molecule has 0 saturated carbocycles. The summed E-state index contributed by atoms with van der Waals surface area (Å²) < 4.78 is 5.72. The summed E-state index contributed by atoms with van der Waals surface area (Å²) in [5.74, 6) is -2.27. The molecule has 0 aliphatic heterocycles. The van der Waals surface area contributed by atoms with Crippen LogP contribution >= 0.6 is 0 Å². The minimum absolute atomic E-state index is 0.0954. The molecular weight excluding hydrogens is 278 g/mol. The minimum atomic E-state index is -0.997. The predicted molar refractivity (Wildman–Crippen MR) is 75.8 cm³/mol. The highest BCUT2D eigenvalue weighted by atomic mass is 16.5. The van der Waals surface area contributed by atoms with Crippen molar-refractivity contribution < 1.29 is 33.8 Å². The van der Waals surface area contributed by atoms with Crippen molar-refractivity contribution in [3.63, 3.8) is 0 Å². The van der Waals surface area contributed by atoms with Gasteiger partial charge in [0.25, 0.3) is 0 Å². The molecule has 0 aliphatic carbocycles. The maximum Gasteiger partial charge on any atom is 0.307 e. The largest absolute Gasteiger partial charge is 0.481 e. The van der Waals surface area contributed by atoms with Crippen LogP contribution in [0.2, 0.25) is 0 Å². The quantitative estimate of drug-likeness (QED) is 0.337. The molecule has 0 heterocycles. The Kier molecular flexibility index (Phi) is 8.61. The maximum absolute atomic E-state index is 11.7. The Hall–Kier alpha value is -1.63. The zero-order valence-electron chi connectivity index (χ0n) is 13.0. The summed E-state index contributed by atoms with van der Waals surface area (Å²) in [4.78, 5) is 32.8. The van der Waals surface area contributed by atoms with E-state index in [4.69, 9.17) is 14.9 Å². The Balaban J connectivity index is 4.09. The number of hydrogen-bond donors (Lipinski definition) is 2. The number of likely N-dealkylation sites (N-methyl/N-ethyl adjacent to an activating group) is 1. The van der Waals surface area contributed by atoms with Crippen molar-refractivity contribution in [2.75, 3.05) is 27.7 Å². The first-order chi connectivity index (χ1) is 9.60. The van der Waals surface area contributed by atoms with Crippen LogP contribution in [0, 0.1) is 0 Å². The summed E-state index contributed by atoms with van der Waals surface area (Å²) in [7, 11) is 5.69. The van der Waals surface area contributed by atoms with Crippen molar-refractivity contribution in [3.05, 3.63) is 0 Å². The fourth-order valence-electron chi connectivity index (χ4n) is 1.92. The summed E-state index contributed by atoms with van der Waals surface area (Å²) in [5.41, 5.74) is 0. The number of nitrogens with zero attached hydrogens (tertiary/aromatic N) is 1. The second kappa shape index (κ2) is 9.33. The predicted octanol–water partition coefficient (Wildman–Crippen LogP) is 1.11. The summed E-state index contributed by atoms with van der Waals surface area (Å²) >= 11 is 0. The lowest BCUT2D eigenvalue weighted by Gasteiger charge is -2.28. The third-order valence-corrected chi connectivity index (χ3v) is 2.72. The molecule has 0 rings (SSSR count). The molecule has 0 fully saturated rings. The number of carbonyl (C=O) groups is 3. The van der Waals surface area contributed by atoms with Gasteiger partial charge >= 0.3 is 17.9 Å². The molecule has 0 spiro atoms. The van der Waals surface area contributed by atoms with E-state index in [0.29, 0.717) is 30.3 Å². The van der Waals surface area contributed by atoms with Gasteiger partial charge in [0.15, 0.2) is 6.10 Å². The zero-order valence-corrected chi connectivity index (χ0v) is 13.0. The summed E-state index contributed by atoms with van der Waals surface area (Å²) in [6, 6.07) is 0. The number of ether oxygens (including phenoxy) is 1. The number of hydrogen-bond acceptors (Lipinski definition) is 4. The first-order valence-corrected chi connectivity index (χ1v) is 7.03. The molecule has 1 atom stereocenters. The topological polar surface area (TPSA) is 101 Å². The molecule has 0 aromatic rings. The third-order valence-electron chi connectivity index (χ3n) is 2.72. The standard InChI is InChI=1S/C14H25NO6/c1-15(2,3)10-11(9-13(18)19)21-14(20)8-6-4-5-7-12(16)17/h11H,4-10H2,1-3H3,(H-,16,17,18,19)/p+1/t11-/m1/s1. The number of carboxylic acids is 2. The van der Waals surface area contributed by atoms with E-state index in [2.05, 4.69) is 0 Å². The molecule has 0 bridgehead atoms. The molecule has 0 unspecified atom stereocenters. The van der Waals surface area contributed by atoms with Crippen molar-refractivity contribution in [2.45, 2.75) is 44.6 Å². The van der Waals surface area contributed by atoms with Gasteiger partial charge in [0, 0.05) is 12.8 Å². The van der Waals surface area contributed by atoms with Crippen LogP contribution in [0.3, 0.4) is 0 Å². The average molecular weight is 304 g/mol. The van der Waals surface area contributed by atoms with Crippen molar-refractivity contribution in [1.29, 1.82) is 0 Å². The highest BCUT2D eigenvalue weighted by Crippen LogP contribution is 2.09. The number of carboxylic acid groups (broad SMARTS) is 2. The molecule has 0 radical (unpaired) electrons. The second-order valence-electron chi connectivity index (χ2n) is 6.14. The number of carbonyl (C=O) groups excluding carboxylic acids is 1. The number of unbranched alkanes of at least 4 members (excludes halogenated alkanes) is 2. The second-order valence-corrected chi connectivity index (χ2v) is 6.14. The molecule has 0 aromatic heterocycles. The molecule has 0 aliphatic rings. The van der Waals surface area contributed by atoms with E-state index in [0.717, 1.165) is 0 Å². The zero-order chi connectivity index (χ0) is 16.5. The van der Waals surface area contributed by atoms with E-state index < -0.39 is 24.0 Å². The van der Waals surface area contributed by atoms with Gasteiger partial charge in [0.05, 0.1) is 27.6 Å². The molecule has 0 amide bonds. The van der Waals surface area contributed by atoms with Crippen molar-refractivity contribution in [2.24, 2.45) is 0 Å². The first kappa shape index (κ1) is 19.4. The fraction of sp³-hybridized carbons (Fsp3) is 0.786. The van der Waals surface area contributed by atoms with Gasteiger partial charge in [-0.1, -0.05) is 6.42 Å². The smallest absolute Gasteiger partial charge is 0.307 e. The van der Waals surface area contributed by atoms with Crippen LogP contribution in [0.5, 0.6) is 0 Å². The van der Waals surface area contributed by atoms with Crippen LogP contribution < -0.4 is 0 Å². The fourth-order valence-corrected chi connectivity index (χ4v) is 1.92. The van der Waals surface area contributed by atoms with Gasteiger partial charge in [-0.25, -0.2) is 0 Å². The van der Waals surface area contributed by atoms with Gasteiger partial charge in [-0.2, -0.15) is 0 Å². The van der Waals surface area contributed by atoms with Crippen molar-refractivity contribution >= 4 is 17.9 Å². The highest BCUT2D eigenvalue weighted by molar-refractivity contribution is 5.71. The number of quaternary nitrogens is 1. The lowest BCUT2D eigenvalue weighted by Crippen LogP contribution is -2.43. The Morgan fingerprint density at radius 1 is 0.952 bits per heavy atom. The van der Waals surface area contributed by atoms with Crippen LogP contribution in [0.1, 0.15) is 38.5 Å². The molecule has 0 aromatic carbocycles. The molecule has 122 valence electrons. The van der Waals surface area contributed by atoms with E-state index in [1.807, 2.05) is 21.1 Å². The van der Waals surface area contributed by atoms with Gasteiger partial charge in [-0.15, -0.1) is 0 Å². The molecule has 7 heteroatoms. The maximum atomic E-state index is 11.7. The monoisotopic (exact) mass is 304 g/mol. The molecule has 21 heavy (non-hydrogen) atoms.